The van der Waals surface area contributed by atoms with Gasteiger partial charge < -0.3 is 19.9 Å². The molecule has 6 heteroatoms. The number of rotatable bonds is 8. The molecule has 1 heterocycles. The van der Waals surface area contributed by atoms with Gasteiger partial charge >= 0.3 is 0 Å². The summed E-state index contributed by atoms with van der Waals surface area (Å²) in [5.74, 6) is 1.08. The van der Waals surface area contributed by atoms with Gasteiger partial charge in [0, 0.05) is 25.4 Å². The van der Waals surface area contributed by atoms with E-state index in [1.807, 2.05) is 13.8 Å². The summed E-state index contributed by atoms with van der Waals surface area (Å²) in [6.07, 6.45) is 0.105. The second-order valence-corrected chi connectivity index (χ2v) is 3.93. The number of ether oxygens (including phenoxy) is 2. The molecule has 0 spiro atoms. The normalized spacial score (nSPS) is 12.2. The Bertz CT molecular complexity index is 360. The molecule has 0 aliphatic heterocycles. The van der Waals surface area contributed by atoms with Crippen molar-refractivity contribution >= 4 is 5.95 Å². The third-order valence-electron chi connectivity index (χ3n) is 2.24. The van der Waals surface area contributed by atoms with Crippen LogP contribution in [0.5, 0.6) is 5.88 Å². The molecule has 0 saturated carbocycles. The van der Waals surface area contributed by atoms with Crippen molar-refractivity contribution in [3.8, 4) is 5.88 Å². The molecule has 1 atom stereocenters. The van der Waals surface area contributed by atoms with E-state index in [-0.39, 0.29) is 0 Å². The molecule has 1 unspecified atom stereocenters. The molecule has 2 N–H and O–H groups in total. The van der Waals surface area contributed by atoms with E-state index in [0.717, 1.165) is 5.69 Å². The number of aromatic nitrogens is 2. The van der Waals surface area contributed by atoms with Crippen LogP contribution in [-0.2, 0) is 4.74 Å². The average Bonchev–Trinajstić information content (AvgIpc) is 2.29. The maximum atomic E-state index is 9.49. The zero-order valence-corrected chi connectivity index (χ0v) is 11.1. The lowest BCUT2D eigenvalue weighted by molar-refractivity contribution is 0.0615. The second-order valence-electron chi connectivity index (χ2n) is 3.93. The standard InChI is InChI=1S/C12H21N3O3/c1-4-18-11-7-9(2)14-12(15-11)13-6-5-10(16)8-17-3/h7,10,16H,4-6,8H2,1-3H3,(H,13,14,15). The van der Waals surface area contributed by atoms with Gasteiger partial charge in [0.1, 0.15) is 0 Å². The van der Waals surface area contributed by atoms with Crippen LogP contribution < -0.4 is 10.1 Å². The van der Waals surface area contributed by atoms with Gasteiger partial charge in [-0.2, -0.15) is 4.98 Å². The molecule has 0 aliphatic rings. The van der Waals surface area contributed by atoms with E-state index < -0.39 is 6.10 Å². The zero-order valence-electron chi connectivity index (χ0n) is 11.1. The summed E-state index contributed by atoms with van der Waals surface area (Å²) < 4.78 is 10.2. The summed E-state index contributed by atoms with van der Waals surface area (Å²) >= 11 is 0. The van der Waals surface area contributed by atoms with Crippen molar-refractivity contribution in [1.29, 1.82) is 0 Å². The number of hydrogen-bond donors (Lipinski definition) is 2. The van der Waals surface area contributed by atoms with E-state index >= 15 is 0 Å². The van der Waals surface area contributed by atoms with Gasteiger partial charge in [0.15, 0.2) is 0 Å². The molecule has 102 valence electrons. The number of nitrogens with zero attached hydrogens (tertiary/aromatic N) is 2. The third kappa shape index (κ3) is 5.29. The van der Waals surface area contributed by atoms with Crippen molar-refractivity contribution in [2.45, 2.75) is 26.4 Å². The quantitative estimate of drug-likeness (QED) is 0.721. The molecule has 0 radical (unpaired) electrons. The summed E-state index contributed by atoms with van der Waals surface area (Å²) in [4.78, 5) is 8.45. The van der Waals surface area contributed by atoms with Crippen molar-refractivity contribution < 1.29 is 14.6 Å². The van der Waals surface area contributed by atoms with Crippen LogP contribution in [0.25, 0.3) is 0 Å². The molecule has 0 fully saturated rings. The van der Waals surface area contributed by atoms with Crippen LogP contribution in [0.2, 0.25) is 0 Å². The molecule has 18 heavy (non-hydrogen) atoms. The summed E-state index contributed by atoms with van der Waals surface area (Å²) in [6.45, 7) is 5.28. The lowest BCUT2D eigenvalue weighted by Crippen LogP contribution is -2.19. The highest BCUT2D eigenvalue weighted by Crippen LogP contribution is 2.11. The van der Waals surface area contributed by atoms with Crippen LogP contribution in [-0.4, -0.2) is 48.0 Å². The fraction of sp³-hybridized carbons (Fsp3) is 0.667. The first-order valence-electron chi connectivity index (χ1n) is 6.05. The van der Waals surface area contributed by atoms with Crippen LogP contribution >= 0.6 is 0 Å². The van der Waals surface area contributed by atoms with Gasteiger partial charge in [-0.15, -0.1) is 0 Å². The van der Waals surface area contributed by atoms with Crippen LogP contribution in [0.15, 0.2) is 6.07 Å². The van der Waals surface area contributed by atoms with Gasteiger partial charge in [-0.25, -0.2) is 4.98 Å². The van der Waals surface area contributed by atoms with Gasteiger partial charge in [-0.3, -0.25) is 0 Å². The van der Waals surface area contributed by atoms with Gasteiger partial charge in [-0.05, 0) is 20.3 Å². The Morgan fingerprint density at radius 3 is 2.89 bits per heavy atom. The maximum absolute atomic E-state index is 9.49. The Morgan fingerprint density at radius 2 is 2.22 bits per heavy atom. The highest BCUT2D eigenvalue weighted by atomic mass is 16.5. The lowest BCUT2D eigenvalue weighted by atomic mass is 10.3. The minimum Gasteiger partial charge on any atom is -0.478 e. The van der Waals surface area contributed by atoms with Crippen molar-refractivity contribution in [2.24, 2.45) is 0 Å². The molecular weight excluding hydrogens is 234 g/mol. The first kappa shape index (κ1) is 14.7. The van der Waals surface area contributed by atoms with E-state index in [2.05, 4.69) is 15.3 Å². The summed E-state index contributed by atoms with van der Waals surface area (Å²) in [5, 5.41) is 12.5. The lowest BCUT2D eigenvalue weighted by Gasteiger charge is -2.11. The summed E-state index contributed by atoms with van der Waals surface area (Å²) in [6, 6.07) is 1.79. The molecule has 0 amide bonds. The minimum absolute atomic E-state index is 0.334. The number of hydrogen-bond acceptors (Lipinski definition) is 6. The molecule has 0 bridgehead atoms. The van der Waals surface area contributed by atoms with Crippen LogP contribution in [0.1, 0.15) is 19.0 Å². The predicted octanol–water partition coefficient (Wildman–Crippen LogP) is 0.993. The fourth-order valence-electron chi connectivity index (χ4n) is 1.47. The van der Waals surface area contributed by atoms with Gasteiger partial charge in [-0.1, -0.05) is 0 Å². The number of nitrogens with one attached hydrogen (secondary N) is 1. The molecule has 0 aliphatic carbocycles. The fourth-order valence-corrected chi connectivity index (χ4v) is 1.47. The predicted molar refractivity (Wildman–Crippen MR) is 68.9 cm³/mol. The molecule has 0 aromatic carbocycles. The van der Waals surface area contributed by atoms with Crippen molar-refractivity contribution in [3.63, 3.8) is 0 Å². The summed E-state index contributed by atoms with van der Waals surface area (Å²) in [7, 11) is 1.56. The van der Waals surface area contributed by atoms with E-state index in [9.17, 15) is 5.11 Å². The molecule has 1 aromatic heterocycles. The van der Waals surface area contributed by atoms with E-state index in [1.54, 1.807) is 13.2 Å². The monoisotopic (exact) mass is 255 g/mol. The number of aliphatic hydroxyl groups excluding tert-OH is 1. The first-order chi connectivity index (χ1) is 8.65. The van der Waals surface area contributed by atoms with Crippen molar-refractivity contribution in [1.82, 2.24) is 9.97 Å². The van der Waals surface area contributed by atoms with Crippen LogP contribution in [0.4, 0.5) is 5.95 Å². The Hall–Kier alpha value is -1.40. The molecular formula is C12H21N3O3. The van der Waals surface area contributed by atoms with Gasteiger partial charge in [0.05, 0.1) is 19.3 Å². The van der Waals surface area contributed by atoms with Crippen LogP contribution in [0.3, 0.4) is 0 Å². The highest BCUT2D eigenvalue weighted by Gasteiger charge is 2.05. The van der Waals surface area contributed by atoms with Gasteiger partial charge in [0.25, 0.3) is 0 Å². The number of aliphatic hydroxyl groups is 1. The molecule has 1 rings (SSSR count). The van der Waals surface area contributed by atoms with Gasteiger partial charge in [0.2, 0.25) is 11.8 Å². The van der Waals surface area contributed by atoms with E-state index in [0.29, 0.717) is 38.0 Å². The van der Waals surface area contributed by atoms with Crippen LogP contribution in [0, 0.1) is 6.92 Å². The Kier molecular flexibility index (Phi) is 6.38. The third-order valence-corrected chi connectivity index (χ3v) is 2.24. The topological polar surface area (TPSA) is 76.5 Å². The second kappa shape index (κ2) is 7.84. The average molecular weight is 255 g/mol. The zero-order chi connectivity index (χ0) is 13.4. The van der Waals surface area contributed by atoms with E-state index in [1.165, 1.54) is 0 Å². The van der Waals surface area contributed by atoms with E-state index in [4.69, 9.17) is 9.47 Å². The first-order valence-corrected chi connectivity index (χ1v) is 6.05. The number of aryl methyl sites for hydroxylation is 1. The smallest absolute Gasteiger partial charge is 0.226 e. The number of anilines is 1. The Morgan fingerprint density at radius 1 is 1.44 bits per heavy atom. The number of methoxy groups -OCH3 is 1. The molecule has 6 nitrogen and oxygen atoms in total. The highest BCUT2D eigenvalue weighted by molar-refractivity contribution is 5.30. The van der Waals surface area contributed by atoms with Crippen molar-refractivity contribution in [3.05, 3.63) is 11.8 Å². The Labute approximate surface area is 107 Å². The maximum Gasteiger partial charge on any atom is 0.226 e. The molecule has 1 aromatic rings. The van der Waals surface area contributed by atoms with Crippen molar-refractivity contribution in [2.75, 3.05) is 32.2 Å². The largest absolute Gasteiger partial charge is 0.478 e. The SMILES string of the molecule is CCOc1cc(C)nc(NCCC(O)COC)n1. The minimum atomic E-state index is -0.473. The molecule has 0 saturated heterocycles. The summed E-state index contributed by atoms with van der Waals surface area (Å²) in [5.41, 5.74) is 0.841. The Balaban J connectivity index is 2.46.